The number of nitrogens with one attached hydrogen (secondary N) is 2. The number of amides is 2. The van der Waals surface area contributed by atoms with Crippen molar-refractivity contribution in [3.8, 4) is 0 Å². The second-order valence-electron chi connectivity index (χ2n) is 10.8. The quantitative estimate of drug-likeness (QED) is 0.0599. The minimum Gasteiger partial charge on any atom is -0.386 e. The van der Waals surface area contributed by atoms with Crippen LogP contribution in [-0.4, -0.2) is 118 Å². The number of anilines is 1. The van der Waals surface area contributed by atoms with Crippen molar-refractivity contribution in [1.29, 1.82) is 0 Å². The van der Waals surface area contributed by atoms with Gasteiger partial charge in [-0.3, -0.25) is 27.7 Å². The van der Waals surface area contributed by atoms with Crippen LogP contribution in [0.15, 0.2) is 12.7 Å². The number of aromatic nitrogens is 4. The topological polar surface area (TPSA) is 347 Å². The van der Waals surface area contributed by atoms with E-state index in [9.17, 15) is 53.1 Å². The van der Waals surface area contributed by atoms with E-state index in [4.69, 9.17) is 19.5 Å². The predicted octanol–water partition coefficient (Wildman–Crippen LogP) is -1.67. The Kier molecular flexibility index (Phi) is 13.7. The Labute approximate surface area is 277 Å². The van der Waals surface area contributed by atoms with Crippen molar-refractivity contribution in [2.45, 2.75) is 50.9 Å². The Morgan fingerprint density at radius 3 is 2.42 bits per heavy atom. The van der Waals surface area contributed by atoms with Crippen molar-refractivity contribution < 1.29 is 75.7 Å². The number of hydrogen-bond acceptors (Lipinski definition) is 17. The highest BCUT2D eigenvalue weighted by molar-refractivity contribution is 7.80. The number of nitrogens with zero attached hydrogens (tertiary/aromatic N) is 4. The summed E-state index contributed by atoms with van der Waals surface area (Å²) in [5, 5.41) is 26.1. The number of thiol groups is 1. The van der Waals surface area contributed by atoms with Gasteiger partial charge in [-0.1, -0.05) is 13.8 Å². The van der Waals surface area contributed by atoms with Crippen molar-refractivity contribution in [2.75, 3.05) is 37.8 Å². The second-order valence-corrected chi connectivity index (χ2v) is 15.5. The monoisotopic (exact) mass is 767 g/mol. The summed E-state index contributed by atoms with van der Waals surface area (Å²) in [6.45, 7) is 0.723. The number of nitrogen functional groups attached to an aromatic ring is 1. The highest BCUT2D eigenvalue weighted by atomic mass is 32.1. The summed E-state index contributed by atoms with van der Waals surface area (Å²) in [6, 6.07) is 0. The van der Waals surface area contributed by atoms with E-state index >= 15 is 0 Å². The summed E-state index contributed by atoms with van der Waals surface area (Å²) in [7, 11) is -16.3. The van der Waals surface area contributed by atoms with Crippen LogP contribution in [0.4, 0.5) is 5.82 Å². The van der Waals surface area contributed by atoms with Gasteiger partial charge in [-0.2, -0.15) is 16.9 Å². The standard InChI is InChI=1S/C21H36N7O16P3S/c1-21(2,16(31)19(32)24-4-3-12(29)23-5-6-48)8-41-47(38,39)44-46(36,37)40-7-11-15(43-45(33,34)35)14(30)20(42-11)28-10-27-13-17(22)25-9-26-18(13)28/h9-11,14-16,20,30-31,48H,3-8H2,1-2H3,(H,23,29)(H,24,32)(H,36,37)(H,38,39)(H2,22,25,26)(H2,33,34,35)/t11-,14+,15-,16-,20-/m0/s1. The largest absolute Gasteiger partial charge is 0.481 e. The Bertz CT molecular complexity index is 1590. The van der Waals surface area contributed by atoms with Gasteiger partial charge in [0.2, 0.25) is 11.8 Å². The molecule has 0 spiro atoms. The molecule has 0 aromatic carbocycles. The van der Waals surface area contributed by atoms with Gasteiger partial charge in [0.15, 0.2) is 17.7 Å². The number of nitrogens with two attached hydrogens (primary N) is 1. The first kappa shape index (κ1) is 40.3. The van der Waals surface area contributed by atoms with Crippen LogP contribution >= 0.6 is 36.1 Å². The van der Waals surface area contributed by atoms with E-state index in [1.807, 2.05) is 0 Å². The molecule has 272 valence electrons. The van der Waals surface area contributed by atoms with Gasteiger partial charge >= 0.3 is 23.5 Å². The number of aliphatic hydroxyl groups is 2. The third-order valence-electron chi connectivity index (χ3n) is 6.51. The number of carbonyl (C=O) groups excluding carboxylic acids is 2. The average molecular weight is 768 g/mol. The lowest BCUT2D eigenvalue weighted by Gasteiger charge is -2.30. The first-order valence-corrected chi connectivity index (χ1v) is 18.8. The van der Waals surface area contributed by atoms with Crippen LogP contribution in [0.25, 0.3) is 11.2 Å². The van der Waals surface area contributed by atoms with Crippen molar-refractivity contribution in [2.24, 2.45) is 5.41 Å². The maximum atomic E-state index is 12.6. The highest BCUT2D eigenvalue weighted by Gasteiger charge is 2.50. The summed E-state index contributed by atoms with van der Waals surface area (Å²) in [5.41, 5.74) is 4.30. The van der Waals surface area contributed by atoms with Crippen LogP contribution in [0.3, 0.4) is 0 Å². The summed E-state index contributed by atoms with van der Waals surface area (Å²) in [6.07, 6.45) is -6.74. The van der Waals surface area contributed by atoms with Crippen LogP contribution in [0.2, 0.25) is 0 Å². The molecule has 27 heteroatoms. The van der Waals surface area contributed by atoms with E-state index in [0.717, 1.165) is 17.2 Å². The molecule has 2 aromatic heterocycles. The summed E-state index contributed by atoms with van der Waals surface area (Å²) in [4.78, 5) is 74.6. The van der Waals surface area contributed by atoms with E-state index in [2.05, 4.69) is 47.0 Å². The zero-order valence-electron chi connectivity index (χ0n) is 25.2. The van der Waals surface area contributed by atoms with Gasteiger partial charge < -0.3 is 50.9 Å². The Morgan fingerprint density at radius 2 is 1.77 bits per heavy atom. The number of phosphoric acid groups is 3. The molecule has 0 saturated carbocycles. The van der Waals surface area contributed by atoms with Gasteiger partial charge in [0.25, 0.3) is 0 Å². The number of aliphatic hydroxyl groups excluding tert-OH is 2. The normalized spacial score (nSPS) is 23.4. The molecule has 3 heterocycles. The van der Waals surface area contributed by atoms with Crippen LogP contribution in [-0.2, 0) is 45.9 Å². The number of ether oxygens (including phenoxy) is 1. The first-order chi connectivity index (χ1) is 22.2. The molecule has 3 rings (SSSR count). The third kappa shape index (κ3) is 11.2. The van der Waals surface area contributed by atoms with Crippen molar-refractivity contribution >= 4 is 64.9 Å². The maximum Gasteiger partial charge on any atom is 0.481 e. The lowest BCUT2D eigenvalue weighted by molar-refractivity contribution is -0.137. The lowest BCUT2D eigenvalue weighted by atomic mass is 9.87. The highest BCUT2D eigenvalue weighted by Crippen LogP contribution is 2.61. The van der Waals surface area contributed by atoms with Gasteiger partial charge in [0.05, 0.1) is 19.5 Å². The molecular formula is C21H36N7O16P3S. The van der Waals surface area contributed by atoms with Crippen molar-refractivity contribution in [3.63, 3.8) is 0 Å². The summed E-state index contributed by atoms with van der Waals surface area (Å²) < 4.78 is 61.7. The zero-order chi connectivity index (χ0) is 36.1. The van der Waals surface area contributed by atoms with Gasteiger partial charge in [-0.15, -0.1) is 0 Å². The molecule has 48 heavy (non-hydrogen) atoms. The van der Waals surface area contributed by atoms with E-state index < -0.39 is 78.6 Å². The molecular weight excluding hydrogens is 731 g/mol. The minimum absolute atomic E-state index is 0.0363. The number of hydrogen-bond donors (Lipinski definition) is 10. The average Bonchev–Trinajstić information content (AvgIpc) is 3.54. The summed E-state index contributed by atoms with van der Waals surface area (Å²) >= 11 is 3.95. The zero-order valence-corrected chi connectivity index (χ0v) is 28.8. The maximum absolute atomic E-state index is 12.6. The Morgan fingerprint density at radius 1 is 1.10 bits per heavy atom. The summed E-state index contributed by atoms with van der Waals surface area (Å²) in [5.74, 6) is -0.943. The molecule has 2 aromatic rings. The molecule has 0 bridgehead atoms. The number of fused-ring (bicyclic) bond motifs is 1. The molecule has 7 atom stereocenters. The molecule has 1 aliphatic rings. The van der Waals surface area contributed by atoms with Crippen molar-refractivity contribution in [1.82, 2.24) is 30.2 Å². The molecule has 1 saturated heterocycles. The fourth-order valence-electron chi connectivity index (χ4n) is 4.14. The van der Waals surface area contributed by atoms with Gasteiger partial charge in [0, 0.05) is 30.7 Å². The SMILES string of the molecule is CC(C)(COP(=O)(O)OP(=O)(O)OC[C@@H]1O[C@H](n2cnc3c(N)ncnc32)[C@H](O)[C@H]1OP(=O)(O)O)[C@@H](O)C(=O)NCCC(=O)NCCS. The fourth-order valence-corrected chi connectivity index (χ4v) is 7.08. The van der Waals surface area contributed by atoms with E-state index in [-0.39, 0.29) is 35.9 Å². The van der Waals surface area contributed by atoms with E-state index in [0.29, 0.717) is 12.3 Å². The third-order valence-corrected chi connectivity index (χ3v) is 9.83. The molecule has 1 fully saturated rings. The van der Waals surface area contributed by atoms with Crippen LogP contribution in [0, 0.1) is 5.41 Å². The van der Waals surface area contributed by atoms with E-state index in [1.54, 1.807) is 0 Å². The molecule has 0 aliphatic carbocycles. The molecule has 23 nitrogen and oxygen atoms in total. The lowest BCUT2D eigenvalue weighted by Crippen LogP contribution is -2.46. The van der Waals surface area contributed by atoms with Crippen LogP contribution < -0.4 is 16.4 Å². The molecule has 1 aliphatic heterocycles. The first-order valence-electron chi connectivity index (χ1n) is 13.7. The second kappa shape index (κ2) is 16.3. The minimum atomic E-state index is -5.54. The number of rotatable bonds is 18. The van der Waals surface area contributed by atoms with Gasteiger partial charge in [0.1, 0.15) is 36.3 Å². The fraction of sp³-hybridized carbons (Fsp3) is 0.667. The Hall–Kier alpha value is -2.11. The number of carbonyl (C=O) groups is 2. The van der Waals surface area contributed by atoms with Crippen molar-refractivity contribution in [3.05, 3.63) is 12.7 Å². The number of imidazole rings is 1. The molecule has 2 unspecified atom stereocenters. The molecule has 2 amide bonds. The number of phosphoric ester groups is 3. The Balaban J connectivity index is 1.61. The molecule has 0 radical (unpaired) electrons. The van der Waals surface area contributed by atoms with Crippen LogP contribution in [0.1, 0.15) is 26.5 Å². The van der Waals surface area contributed by atoms with Gasteiger partial charge in [-0.05, 0) is 0 Å². The smallest absolute Gasteiger partial charge is 0.386 e. The van der Waals surface area contributed by atoms with Gasteiger partial charge in [-0.25, -0.2) is 28.6 Å². The molecule has 10 N–H and O–H groups in total. The predicted molar refractivity (Wildman–Crippen MR) is 163 cm³/mol. The van der Waals surface area contributed by atoms with Crippen LogP contribution in [0.5, 0.6) is 0 Å². The van der Waals surface area contributed by atoms with E-state index in [1.165, 1.54) is 13.8 Å².